The highest BCUT2D eigenvalue weighted by molar-refractivity contribution is 6.31. The molecule has 4 N–H and O–H groups in total. The summed E-state index contributed by atoms with van der Waals surface area (Å²) < 4.78 is 15.0. The molecule has 2 fully saturated rings. The van der Waals surface area contributed by atoms with E-state index in [9.17, 15) is 19.1 Å². The molecule has 2 amide bonds. The predicted molar refractivity (Wildman–Crippen MR) is 147 cm³/mol. The minimum absolute atomic E-state index is 0.0636. The Morgan fingerprint density at radius 1 is 1.16 bits per heavy atom. The van der Waals surface area contributed by atoms with Crippen molar-refractivity contribution in [3.05, 3.63) is 63.4 Å². The summed E-state index contributed by atoms with van der Waals surface area (Å²) in [7, 11) is 0. The van der Waals surface area contributed by atoms with Crippen LogP contribution in [0, 0.1) is 11.2 Å². The van der Waals surface area contributed by atoms with Crippen molar-refractivity contribution in [1.82, 2.24) is 10.6 Å². The van der Waals surface area contributed by atoms with Gasteiger partial charge in [0, 0.05) is 28.7 Å². The topological polar surface area (TPSA) is 90.5 Å². The predicted octanol–water partition coefficient (Wildman–Crippen LogP) is 5.30. The lowest BCUT2D eigenvalue weighted by Gasteiger charge is -2.37. The minimum atomic E-state index is -1.27. The SMILES string of the molecule is CC(C)(C)C[C@@H]1N[C@@H](C(=O)NC2CCC(O)CC2)[C@H](c2cccc(Cl)c2)C12C(=O)Nc1cc(Cl)c(F)cc12. The van der Waals surface area contributed by atoms with Crippen molar-refractivity contribution in [1.29, 1.82) is 0 Å². The van der Waals surface area contributed by atoms with Gasteiger partial charge in [-0.3, -0.25) is 9.59 Å². The van der Waals surface area contributed by atoms with E-state index >= 15 is 0 Å². The number of aliphatic hydroxyl groups excluding tert-OH is 1. The molecule has 2 aliphatic heterocycles. The first-order chi connectivity index (χ1) is 17.9. The molecule has 4 atom stereocenters. The third-order valence-corrected chi connectivity index (χ3v) is 8.76. The molecule has 1 saturated heterocycles. The first kappa shape index (κ1) is 27.4. The zero-order chi connectivity index (χ0) is 27.4. The van der Waals surface area contributed by atoms with Crippen LogP contribution >= 0.6 is 23.2 Å². The maximum Gasteiger partial charge on any atom is 0.238 e. The van der Waals surface area contributed by atoms with Crippen molar-refractivity contribution in [2.45, 2.75) is 88.4 Å². The average Bonchev–Trinajstić information content (AvgIpc) is 3.30. The lowest BCUT2D eigenvalue weighted by Crippen LogP contribution is -2.49. The van der Waals surface area contributed by atoms with Gasteiger partial charge < -0.3 is 21.1 Å². The number of nitrogens with one attached hydrogen (secondary N) is 3. The highest BCUT2D eigenvalue weighted by atomic mass is 35.5. The van der Waals surface area contributed by atoms with Crippen LogP contribution in [0.25, 0.3) is 0 Å². The number of halogens is 3. The molecular weight excluding hydrogens is 528 g/mol. The first-order valence-corrected chi connectivity index (χ1v) is 14.0. The molecule has 6 nitrogen and oxygen atoms in total. The molecule has 2 aromatic rings. The Balaban J connectivity index is 1.66. The Bertz CT molecular complexity index is 1260. The molecule has 9 heteroatoms. The first-order valence-electron chi connectivity index (χ1n) is 13.2. The molecule has 0 aromatic heterocycles. The summed E-state index contributed by atoms with van der Waals surface area (Å²) in [6.45, 7) is 6.23. The number of aliphatic hydroxyl groups is 1. The Morgan fingerprint density at radius 3 is 2.53 bits per heavy atom. The molecule has 1 saturated carbocycles. The molecule has 5 rings (SSSR count). The van der Waals surface area contributed by atoms with E-state index in [4.69, 9.17) is 23.2 Å². The van der Waals surface area contributed by atoms with E-state index in [0.29, 0.717) is 48.4 Å². The second-order valence-electron chi connectivity index (χ2n) is 12.1. The molecular formula is C29H34Cl2FN3O3. The molecule has 1 spiro atoms. The Hall–Kier alpha value is -2.19. The van der Waals surface area contributed by atoms with Crippen LogP contribution in [-0.4, -0.2) is 41.2 Å². The van der Waals surface area contributed by atoms with Crippen LogP contribution in [-0.2, 0) is 15.0 Å². The van der Waals surface area contributed by atoms with Crippen LogP contribution in [0.3, 0.4) is 0 Å². The summed E-state index contributed by atoms with van der Waals surface area (Å²) in [6, 6.07) is 8.67. The summed E-state index contributed by atoms with van der Waals surface area (Å²) in [6.07, 6.45) is 2.85. The van der Waals surface area contributed by atoms with Gasteiger partial charge in [0.15, 0.2) is 0 Å². The highest BCUT2D eigenvalue weighted by Gasteiger charge is 2.66. The van der Waals surface area contributed by atoms with Crippen LogP contribution in [0.1, 0.15) is 69.9 Å². The fourth-order valence-electron chi connectivity index (χ4n) is 6.65. The second-order valence-corrected chi connectivity index (χ2v) is 13.0. The van der Waals surface area contributed by atoms with Gasteiger partial charge in [0.05, 0.1) is 17.2 Å². The van der Waals surface area contributed by atoms with Gasteiger partial charge in [-0.25, -0.2) is 4.39 Å². The number of hydrogen-bond donors (Lipinski definition) is 4. The smallest absolute Gasteiger partial charge is 0.238 e. The van der Waals surface area contributed by atoms with E-state index in [2.05, 4.69) is 36.7 Å². The van der Waals surface area contributed by atoms with E-state index < -0.39 is 29.2 Å². The maximum atomic E-state index is 15.0. The van der Waals surface area contributed by atoms with E-state index in [0.717, 1.165) is 5.56 Å². The van der Waals surface area contributed by atoms with Gasteiger partial charge in [0.1, 0.15) is 11.2 Å². The van der Waals surface area contributed by atoms with E-state index in [1.54, 1.807) is 18.2 Å². The normalized spacial score (nSPS) is 30.8. The van der Waals surface area contributed by atoms with Gasteiger partial charge in [-0.1, -0.05) is 56.1 Å². The van der Waals surface area contributed by atoms with E-state index in [-0.39, 0.29) is 34.4 Å². The summed E-state index contributed by atoms with van der Waals surface area (Å²) in [5.41, 5.74) is 0.189. The number of rotatable bonds is 4. The Labute approximate surface area is 232 Å². The summed E-state index contributed by atoms with van der Waals surface area (Å²) >= 11 is 12.5. The van der Waals surface area contributed by atoms with Crippen molar-refractivity contribution in [2.24, 2.45) is 5.41 Å². The number of carbonyl (C=O) groups excluding carboxylic acids is 2. The van der Waals surface area contributed by atoms with Crippen LogP contribution in [0.2, 0.25) is 10.0 Å². The number of amides is 2. The number of benzene rings is 2. The average molecular weight is 563 g/mol. The van der Waals surface area contributed by atoms with Gasteiger partial charge in [-0.2, -0.15) is 0 Å². The van der Waals surface area contributed by atoms with Crippen molar-refractivity contribution in [3.63, 3.8) is 0 Å². The van der Waals surface area contributed by atoms with Gasteiger partial charge in [-0.15, -0.1) is 0 Å². The summed E-state index contributed by atoms with van der Waals surface area (Å²) in [4.78, 5) is 28.1. The third-order valence-electron chi connectivity index (χ3n) is 8.23. The summed E-state index contributed by atoms with van der Waals surface area (Å²) in [5, 5.41) is 20.0. The largest absolute Gasteiger partial charge is 0.393 e. The van der Waals surface area contributed by atoms with Gasteiger partial charge in [0.2, 0.25) is 11.8 Å². The molecule has 2 aromatic carbocycles. The number of hydrogen-bond acceptors (Lipinski definition) is 4. The monoisotopic (exact) mass is 561 g/mol. The third kappa shape index (κ3) is 4.83. The standard InChI is InChI=1S/C29H34Cl2FN3O3/c1-28(2,3)14-23-29(19-12-21(32)20(31)13-22(19)34-27(29)38)24(15-5-4-6-16(30)11-15)25(35-23)26(37)33-17-7-9-18(36)10-8-17/h4-6,11-13,17-18,23-25,35-36H,7-10,14H2,1-3H3,(H,33,37)(H,34,38)/t17?,18?,23-,24-,25+,29?/m0/s1. The van der Waals surface area contributed by atoms with Crippen molar-refractivity contribution < 1.29 is 19.1 Å². The van der Waals surface area contributed by atoms with Gasteiger partial charge in [-0.05, 0) is 72.9 Å². The van der Waals surface area contributed by atoms with Crippen molar-refractivity contribution >= 4 is 40.7 Å². The summed E-state index contributed by atoms with van der Waals surface area (Å²) in [5.74, 6) is -1.79. The molecule has 1 unspecified atom stereocenters. The zero-order valence-electron chi connectivity index (χ0n) is 21.8. The zero-order valence-corrected chi connectivity index (χ0v) is 23.3. The van der Waals surface area contributed by atoms with Gasteiger partial charge >= 0.3 is 0 Å². The van der Waals surface area contributed by atoms with Crippen LogP contribution in [0.4, 0.5) is 10.1 Å². The Morgan fingerprint density at radius 2 is 1.87 bits per heavy atom. The lowest BCUT2D eigenvalue weighted by molar-refractivity contribution is -0.124. The van der Waals surface area contributed by atoms with E-state index in [1.165, 1.54) is 12.1 Å². The number of fused-ring (bicyclic) bond motifs is 2. The van der Waals surface area contributed by atoms with Gasteiger partial charge in [0.25, 0.3) is 0 Å². The number of carbonyl (C=O) groups is 2. The lowest BCUT2D eigenvalue weighted by atomic mass is 9.62. The Kier molecular flexibility index (Phi) is 7.27. The van der Waals surface area contributed by atoms with Crippen LogP contribution in [0.15, 0.2) is 36.4 Å². The maximum absolute atomic E-state index is 15.0. The molecule has 0 radical (unpaired) electrons. The van der Waals surface area contributed by atoms with Crippen molar-refractivity contribution in [3.8, 4) is 0 Å². The molecule has 204 valence electrons. The molecule has 2 heterocycles. The highest BCUT2D eigenvalue weighted by Crippen LogP contribution is 2.57. The fraction of sp³-hybridized carbons (Fsp3) is 0.517. The second kappa shape index (κ2) is 10.1. The molecule has 0 bridgehead atoms. The quantitative estimate of drug-likeness (QED) is 0.407. The van der Waals surface area contributed by atoms with Crippen molar-refractivity contribution in [2.75, 3.05) is 5.32 Å². The number of anilines is 1. The van der Waals surface area contributed by atoms with E-state index in [1.807, 2.05) is 6.07 Å². The van der Waals surface area contributed by atoms with Crippen LogP contribution in [0.5, 0.6) is 0 Å². The minimum Gasteiger partial charge on any atom is -0.393 e. The molecule has 38 heavy (non-hydrogen) atoms. The fourth-order valence-corrected chi connectivity index (χ4v) is 7.01. The molecule has 1 aliphatic carbocycles. The molecule has 3 aliphatic rings. The van der Waals surface area contributed by atoms with Crippen LogP contribution < -0.4 is 16.0 Å².